The van der Waals surface area contributed by atoms with Gasteiger partial charge in [0, 0.05) is 12.5 Å². The third kappa shape index (κ3) is 4.29. The van der Waals surface area contributed by atoms with Gasteiger partial charge in [0.25, 0.3) is 11.4 Å². The summed E-state index contributed by atoms with van der Waals surface area (Å²) in [6.45, 7) is 0.610. The first-order chi connectivity index (χ1) is 10.9. The van der Waals surface area contributed by atoms with Crippen LogP contribution >= 0.6 is 0 Å². The average molecular weight is 322 g/mol. The Labute approximate surface area is 133 Å². The van der Waals surface area contributed by atoms with Gasteiger partial charge in [-0.15, -0.1) is 0 Å². The van der Waals surface area contributed by atoms with Gasteiger partial charge < -0.3 is 20.1 Å². The summed E-state index contributed by atoms with van der Waals surface area (Å²) in [6, 6.07) is 8.19. The van der Waals surface area contributed by atoms with Crippen LogP contribution < -0.4 is 10.6 Å². The number of hydrogen-bond acceptors (Lipinski definition) is 6. The van der Waals surface area contributed by atoms with Crippen molar-refractivity contribution in [3.05, 3.63) is 35.9 Å². The minimum Gasteiger partial charge on any atom is -0.467 e. The number of nitrogens with one attached hydrogen (secondary N) is 2. The first-order valence-electron chi connectivity index (χ1n) is 6.66. The fourth-order valence-corrected chi connectivity index (χ4v) is 1.93. The molecule has 2 amide bonds. The molecule has 0 radical (unpaired) electrons. The van der Waals surface area contributed by atoms with Crippen LogP contribution in [0.3, 0.4) is 0 Å². The summed E-state index contributed by atoms with van der Waals surface area (Å²) in [5, 5.41) is 4.62. The van der Waals surface area contributed by atoms with Crippen LogP contribution in [0.4, 0.5) is 0 Å². The molecule has 0 aliphatic heterocycles. The average Bonchev–Trinajstić information content (AvgIpc) is 2.57. The summed E-state index contributed by atoms with van der Waals surface area (Å²) >= 11 is 0. The number of benzene rings is 1. The Morgan fingerprint density at radius 3 is 1.96 bits per heavy atom. The standard InChI is InChI=1S/C15H18N2O6/c1-10(18)17-15(13(20)22-2,14(21)23-3)9-16-12(19)11-7-5-4-6-8-11/h4-8H,9H2,1-3H3,(H,16,19)(H,17,18). The molecule has 0 aliphatic carbocycles. The molecule has 8 nitrogen and oxygen atoms in total. The Morgan fingerprint density at radius 1 is 1.00 bits per heavy atom. The molecule has 0 aliphatic rings. The molecule has 0 heterocycles. The fourth-order valence-electron chi connectivity index (χ4n) is 1.93. The van der Waals surface area contributed by atoms with Gasteiger partial charge in [0.2, 0.25) is 5.91 Å². The summed E-state index contributed by atoms with van der Waals surface area (Å²) in [6.07, 6.45) is 0. The Bertz CT molecular complexity index is 583. The Hall–Kier alpha value is -2.90. The van der Waals surface area contributed by atoms with E-state index in [0.29, 0.717) is 5.56 Å². The van der Waals surface area contributed by atoms with Crippen molar-refractivity contribution in [3.8, 4) is 0 Å². The molecule has 0 unspecified atom stereocenters. The lowest BCUT2D eigenvalue weighted by atomic mass is 9.99. The molecule has 1 aromatic carbocycles. The number of carbonyl (C=O) groups is 4. The van der Waals surface area contributed by atoms with Crippen LogP contribution in [-0.4, -0.2) is 50.1 Å². The molecule has 1 aromatic rings. The van der Waals surface area contributed by atoms with Gasteiger partial charge in [0.1, 0.15) is 0 Å². The predicted octanol–water partition coefficient (Wildman–Crippen LogP) is -0.363. The third-order valence-corrected chi connectivity index (χ3v) is 3.01. The van der Waals surface area contributed by atoms with E-state index in [1.54, 1.807) is 30.3 Å². The maximum atomic E-state index is 12.1. The second-order valence-electron chi connectivity index (χ2n) is 4.62. The highest BCUT2D eigenvalue weighted by Crippen LogP contribution is 2.10. The first kappa shape index (κ1) is 18.1. The molecule has 0 saturated carbocycles. The maximum absolute atomic E-state index is 12.1. The highest BCUT2D eigenvalue weighted by Gasteiger charge is 2.50. The normalized spacial score (nSPS) is 10.4. The minimum atomic E-state index is -2.15. The molecular weight excluding hydrogens is 304 g/mol. The Kier molecular flexibility index (Phi) is 6.25. The minimum absolute atomic E-state index is 0.332. The quantitative estimate of drug-likeness (QED) is 0.546. The van der Waals surface area contributed by atoms with Gasteiger partial charge >= 0.3 is 11.9 Å². The van der Waals surface area contributed by atoms with Crippen molar-refractivity contribution >= 4 is 23.8 Å². The van der Waals surface area contributed by atoms with E-state index in [1.807, 2.05) is 0 Å². The summed E-state index contributed by atoms with van der Waals surface area (Å²) in [4.78, 5) is 47.5. The van der Waals surface area contributed by atoms with E-state index in [2.05, 4.69) is 20.1 Å². The predicted molar refractivity (Wildman–Crippen MR) is 79.4 cm³/mol. The van der Waals surface area contributed by atoms with E-state index in [-0.39, 0.29) is 0 Å². The van der Waals surface area contributed by atoms with Gasteiger partial charge in [-0.2, -0.15) is 0 Å². The number of ether oxygens (including phenoxy) is 2. The van der Waals surface area contributed by atoms with Crippen molar-refractivity contribution in [1.29, 1.82) is 0 Å². The molecule has 2 N–H and O–H groups in total. The van der Waals surface area contributed by atoms with Gasteiger partial charge in [-0.25, -0.2) is 9.59 Å². The first-order valence-corrected chi connectivity index (χ1v) is 6.66. The molecule has 0 fully saturated rings. The van der Waals surface area contributed by atoms with Crippen LogP contribution in [0.1, 0.15) is 17.3 Å². The molecule has 0 bridgehead atoms. The number of hydrogen-bond donors (Lipinski definition) is 2. The molecule has 0 spiro atoms. The van der Waals surface area contributed by atoms with Crippen LogP contribution in [-0.2, 0) is 23.9 Å². The smallest absolute Gasteiger partial charge is 0.345 e. The van der Waals surface area contributed by atoms with E-state index < -0.39 is 35.8 Å². The van der Waals surface area contributed by atoms with Crippen LogP contribution in [0.5, 0.6) is 0 Å². The van der Waals surface area contributed by atoms with E-state index >= 15 is 0 Å². The van der Waals surface area contributed by atoms with Gasteiger partial charge in [-0.05, 0) is 12.1 Å². The van der Waals surface area contributed by atoms with Gasteiger partial charge in [-0.1, -0.05) is 18.2 Å². The van der Waals surface area contributed by atoms with Crippen LogP contribution in [0.25, 0.3) is 0 Å². The van der Waals surface area contributed by atoms with E-state index in [9.17, 15) is 19.2 Å². The zero-order chi connectivity index (χ0) is 17.5. The largest absolute Gasteiger partial charge is 0.467 e. The van der Waals surface area contributed by atoms with Crippen molar-refractivity contribution < 1.29 is 28.7 Å². The lowest BCUT2D eigenvalue weighted by molar-refractivity contribution is -0.164. The number of rotatable bonds is 6. The van der Waals surface area contributed by atoms with Gasteiger partial charge in [0.15, 0.2) is 0 Å². The second-order valence-corrected chi connectivity index (χ2v) is 4.62. The van der Waals surface area contributed by atoms with Crippen LogP contribution in [0.15, 0.2) is 30.3 Å². The molecule has 124 valence electrons. The van der Waals surface area contributed by atoms with Crippen LogP contribution in [0.2, 0.25) is 0 Å². The molecule has 0 saturated heterocycles. The van der Waals surface area contributed by atoms with Gasteiger partial charge in [0.05, 0.1) is 20.8 Å². The zero-order valence-electron chi connectivity index (χ0n) is 13.0. The number of methoxy groups -OCH3 is 2. The summed E-state index contributed by atoms with van der Waals surface area (Å²) in [7, 11) is 2.11. The zero-order valence-corrected chi connectivity index (χ0v) is 13.0. The number of carbonyl (C=O) groups excluding carboxylic acids is 4. The Balaban J connectivity index is 3.04. The highest BCUT2D eigenvalue weighted by molar-refractivity contribution is 6.08. The SMILES string of the molecule is COC(=O)C(CNC(=O)c1ccccc1)(NC(C)=O)C(=O)OC. The highest BCUT2D eigenvalue weighted by atomic mass is 16.5. The lowest BCUT2D eigenvalue weighted by Gasteiger charge is -2.28. The summed E-state index contributed by atoms with van der Waals surface area (Å²) in [5.41, 5.74) is -1.82. The van der Waals surface area contributed by atoms with E-state index in [4.69, 9.17) is 0 Å². The fraction of sp³-hybridized carbons (Fsp3) is 0.333. The maximum Gasteiger partial charge on any atom is 0.345 e. The molecule has 0 atom stereocenters. The van der Waals surface area contributed by atoms with Crippen molar-refractivity contribution in [3.63, 3.8) is 0 Å². The third-order valence-electron chi connectivity index (χ3n) is 3.01. The molecule has 1 rings (SSSR count). The second kappa shape index (κ2) is 7.92. The van der Waals surface area contributed by atoms with Crippen molar-refractivity contribution in [1.82, 2.24) is 10.6 Å². The number of esters is 2. The molecular formula is C15H18N2O6. The molecule has 23 heavy (non-hydrogen) atoms. The van der Waals surface area contributed by atoms with E-state index in [1.165, 1.54) is 0 Å². The lowest BCUT2D eigenvalue weighted by Crippen LogP contribution is -2.66. The van der Waals surface area contributed by atoms with E-state index in [0.717, 1.165) is 21.1 Å². The molecule has 0 aromatic heterocycles. The summed E-state index contributed by atoms with van der Waals surface area (Å²) < 4.78 is 9.14. The van der Waals surface area contributed by atoms with Crippen LogP contribution in [0, 0.1) is 0 Å². The van der Waals surface area contributed by atoms with Crippen molar-refractivity contribution in [2.24, 2.45) is 0 Å². The topological polar surface area (TPSA) is 111 Å². The number of amides is 2. The van der Waals surface area contributed by atoms with Crippen molar-refractivity contribution in [2.75, 3.05) is 20.8 Å². The monoisotopic (exact) mass is 322 g/mol. The van der Waals surface area contributed by atoms with Gasteiger partial charge in [-0.3, -0.25) is 9.59 Å². The Morgan fingerprint density at radius 2 is 1.52 bits per heavy atom. The van der Waals surface area contributed by atoms with Crippen molar-refractivity contribution in [2.45, 2.75) is 12.5 Å². The molecule has 8 heteroatoms. The summed E-state index contributed by atoms with van der Waals surface area (Å²) in [5.74, 6) is -3.27.